The number of esters is 1. The summed E-state index contributed by atoms with van der Waals surface area (Å²) in [6.07, 6.45) is 12.4. The first-order chi connectivity index (χ1) is 15.2. The van der Waals surface area contributed by atoms with Gasteiger partial charge in [-0.15, -0.1) is 5.10 Å². The van der Waals surface area contributed by atoms with Crippen molar-refractivity contribution in [1.29, 1.82) is 0 Å². The lowest BCUT2D eigenvalue weighted by Crippen LogP contribution is -2.37. The van der Waals surface area contributed by atoms with Crippen molar-refractivity contribution in [1.82, 2.24) is 19.3 Å². The van der Waals surface area contributed by atoms with Crippen molar-refractivity contribution >= 4 is 28.0 Å². The second kappa shape index (κ2) is 10.5. The number of hydrogen-bond acceptors (Lipinski definition) is 7. The van der Waals surface area contributed by atoms with Gasteiger partial charge in [0.2, 0.25) is 10.0 Å². The average molecular weight is 465 g/mol. The molecule has 1 aromatic heterocycles. The topological polar surface area (TPSA) is 111 Å². The molecule has 9 nitrogen and oxygen atoms in total. The number of sulfonamides is 1. The highest BCUT2D eigenvalue weighted by Crippen LogP contribution is 2.38. The number of piperidine rings is 1. The summed E-state index contributed by atoms with van der Waals surface area (Å²) in [5, 5.41) is 8.42. The molecule has 2 fully saturated rings. The number of carbonyl (C=O) groups excluding carboxylic acids is 2. The summed E-state index contributed by atoms with van der Waals surface area (Å²) < 4.78 is 31.3. The van der Waals surface area contributed by atoms with Gasteiger partial charge < -0.3 is 4.74 Å². The maximum Gasteiger partial charge on any atom is 0.305 e. The molecular weight excluding hydrogens is 432 g/mol. The Morgan fingerprint density at radius 2 is 2.00 bits per heavy atom. The van der Waals surface area contributed by atoms with Crippen LogP contribution in [0.2, 0.25) is 0 Å². The van der Waals surface area contributed by atoms with E-state index in [-0.39, 0.29) is 35.9 Å². The van der Waals surface area contributed by atoms with Gasteiger partial charge in [-0.1, -0.05) is 24.3 Å². The molecule has 32 heavy (non-hydrogen) atoms. The Kier molecular flexibility index (Phi) is 8.00. The fourth-order valence-corrected chi connectivity index (χ4v) is 5.37. The first-order valence-corrected chi connectivity index (χ1v) is 12.9. The number of ketones is 1. The molecule has 2 heterocycles. The molecule has 1 saturated heterocycles. The molecular formula is C22H32N4O5S. The highest BCUT2D eigenvalue weighted by Gasteiger charge is 2.39. The first kappa shape index (κ1) is 24.3. The minimum Gasteiger partial charge on any atom is -0.469 e. The maximum atomic E-state index is 13.0. The van der Waals surface area contributed by atoms with Crippen molar-refractivity contribution in [3.05, 3.63) is 29.6 Å². The van der Waals surface area contributed by atoms with Crippen LogP contribution in [0, 0.1) is 11.8 Å². The molecule has 0 aromatic carbocycles. The van der Waals surface area contributed by atoms with Crippen molar-refractivity contribution in [3.8, 4) is 0 Å². The van der Waals surface area contributed by atoms with Gasteiger partial charge in [0.15, 0.2) is 5.78 Å². The van der Waals surface area contributed by atoms with E-state index in [2.05, 4.69) is 10.3 Å². The molecule has 0 bridgehead atoms. The van der Waals surface area contributed by atoms with Crippen LogP contribution in [-0.4, -0.2) is 65.9 Å². The van der Waals surface area contributed by atoms with E-state index in [4.69, 9.17) is 4.74 Å². The predicted molar refractivity (Wildman–Crippen MR) is 120 cm³/mol. The molecule has 10 heteroatoms. The summed E-state index contributed by atoms with van der Waals surface area (Å²) in [6.45, 7) is 2.98. The minimum absolute atomic E-state index is 0.0400. The van der Waals surface area contributed by atoms with E-state index in [9.17, 15) is 18.0 Å². The smallest absolute Gasteiger partial charge is 0.305 e. The molecule has 0 spiro atoms. The quantitative estimate of drug-likeness (QED) is 0.330. The summed E-state index contributed by atoms with van der Waals surface area (Å²) in [7, 11) is -1.81. The standard InChI is InChI=1S/C22H32N4O5S/c1-4-5-6-7-19-17(13-21(27)31-2)12-18(22(19)28)14-25-15-20(23-24-25)16-8-10-26(11-9-16)32(3,29)30/h5-6,14-17,19H,4,7-13H2,1-3H3/b6-5+,18-14-. The Morgan fingerprint density at radius 3 is 2.62 bits per heavy atom. The largest absolute Gasteiger partial charge is 0.469 e. The van der Waals surface area contributed by atoms with Crippen LogP contribution in [0.15, 0.2) is 23.9 Å². The van der Waals surface area contributed by atoms with E-state index in [1.165, 1.54) is 17.7 Å². The van der Waals surface area contributed by atoms with Crippen molar-refractivity contribution in [2.24, 2.45) is 11.8 Å². The molecule has 3 rings (SSSR count). The average Bonchev–Trinajstić information content (AvgIpc) is 3.33. The highest BCUT2D eigenvalue weighted by molar-refractivity contribution is 7.88. The van der Waals surface area contributed by atoms with Gasteiger partial charge >= 0.3 is 5.97 Å². The van der Waals surface area contributed by atoms with Crippen LogP contribution < -0.4 is 0 Å². The number of carbonyl (C=O) groups is 2. The van der Waals surface area contributed by atoms with Crippen LogP contribution in [0.1, 0.15) is 57.1 Å². The van der Waals surface area contributed by atoms with Crippen LogP contribution in [0.25, 0.3) is 6.20 Å². The fraction of sp³-hybridized carbons (Fsp3) is 0.636. The second-order valence-corrected chi connectivity index (χ2v) is 10.5. The first-order valence-electron chi connectivity index (χ1n) is 11.1. The lowest BCUT2D eigenvalue weighted by molar-refractivity contribution is -0.142. The SMILES string of the molecule is CC/C=C/CC1C(=O)/C(=C\n2cc(C3CCN(S(C)(=O)=O)CC3)nn2)CC1CC(=O)OC. The van der Waals surface area contributed by atoms with Gasteiger partial charge in [0, 0.05) is 43.1 Å². The fourth-order valence-electron chi connectivity index (χ4n) is 4.50. The molecule has 1 aliphatic heterocycles. The lowest BCUT2D eigenvalue weighted by atomic mass is 9.89. The van der Waals surface area contributed by atoms with E-state index in [1.807, 2.05) is 19.1 Å². The lowest BCUT2D eigenvalue weighted by Gasteiger charge is -2.28. The number of methoxy groups -OCH3 is 1. The zero-order valence-corrected chi connectivity index (χ0v) is 19.8. The number of rotatable bonds is 8. The summed E-state index contributed by atoms with van der Waals surface area (Å²) >= 11 is 0. The third kappa shape index (κ3) is 5.92. The Balaban J connectivity index is 1.71. The van der Waals surface area contributed by atoms with Gasteiger partial charge in [0.1, 0.15) is 0 Å². The van der Waals surface area contributed by atoms with E-state index in [0.29, 0.717) is 44.3 Å². The van der Waals surface area contributed by atoms with Gasteiger partial charge in [0.05, 0.1) is 25.3 Å². The Morgan fingerprint density at radius 1 is 1.28 bits per heavy atom. The molecule has 1 aromatic rings. The van der Waals surface area contributed by atoms with Crippen LogP contribution in [-0.2, 0) is 24.3 Å². The molecule has 176 valence electrons. The summed E-state index contributed by atoms with van der Waals surface area (Å²) in [5.74, 6) is -0.467. The number of nitrogens with zero attached hydrogens (tertiary/aromatic N) is 4. The van der Waals surface area contributed by atoms with E-state index in [0.717, 1.165) is 12.1 Å². The summed E-state index contributed by atoms with van der Waals surface area (Å²) in [4.78, 5) is 24.9. The van der Waals surface area contributed by atoms with Gasteiger partial charge in [-0.05, 0) is 38.0 Å². The third-order valence-electron chi connectivity index (χ3n) is 6.31. The molecule has 2 atom stereocenters. The van der Waals surface area contributed by atoms with Gasteiger partial charge in [-0.3, -0.25) is 9.59 Å². The molecule has 0 radical (unpaired) electrons. The molecule has 0 N–H and O–H groups in total. The van der Waals surface area contributed by atoms with Gasteiger partial charge in [-0.2, -0.15) is 0 Å². The van der Waals surface area contributed by atoms with Gasteiger partial charge in [-0.25, -0.2) is 17.4 Å². The molecule has 1 aliphatic carbocycles. The zero-order chi connectivity index (χ0) is 23.3. The van der Waals surface area contributed by atoms with E-state index >= 15 is 0 Å². The Labute approximate surface area is 189 Å². The van der Waals surface area contributed by atoms with Crippen LogP contribution in [0.3, 0.4) is 0 Å². The van der Waals surface area contributed by atoms with Crippen LogP contribution in [0.4, 0.5) is 0 Å². The van der Waals surface area contributed by atoms with Crippen LogP contribution >= 0.6 is 0 Å². The van der Waals surface area contributed by atoms with Crippen molar-refractivity contribution < 1.29 is 22.7 Å². The minimum atomic E-state index is -3.17. The van der Waals surface area contributed by atoms with Crippen LogP contribution in [0.5, 0.6) is 0 Å². The van der Waals surface area contributed by atoms with Crippen molar-refractivity contribution in [3.63, 3.8) is 0 Å². The third-order valence-corrected chi connectivity index (χ3v) is 7.61. The summed E-state index contributed by atoms with van der Waals surface area (Å²) in [6, 6.07) is 0. The Bertz CT molecular complexity index is 990. The number of hydrogen-bond donors (Lipinski definition) is 0. The van der Waals surface area contributed by atoms with Gasteiger partial charge in [0.25, 0.3) is 0 Å². The number of ether oxygens (including phenoxy) is 1. The normalized spacial score (nSPS) is 24.6. The maximum absolute atomic E-state index is 13.0. The Hall–Kier alpha value is -2.33. The molecule has 1 saturated carbocycles. The molecule has 2 unspecified atom stereocenters. The number of allylic oxidation sites excluding steroid dienone is 3. The highest BCUT2D eigenvalue weighted by atomic mass is 32.2. The molecule has 2 aliphatic rings. The summed E-state index contributed by atoms with van der Waals surface area (Å²) in [5.41, 5.74) is 1.44. The van der Waals surface area contributed by atoms with Crippen molar-refractivity contribution in [2.45, 2.75) is 51.4 Å². The second-order valence-electron chi connectivity index (χ2n) is 8.54. The zero-order valence-electron chi connectivity index (χ0n) is 18.9. The number of Topliss-reactive ketones (excluding diaryl/α,β-unsaturated/α-hetero) is 1. The van der Waals surface area contributed by atoms with Crippen molar-refractivity contribution in [2.75, 3.05) is 26.5 Å². The van der Waals surface area contributed by atoms with E-state index < -0.39 is 10.0 Å². The van der Waals surface area contributed by atoms with E-state index in [1.54, 1.807) is 17.1 Å². The number of aromatic nitrogens is 3. The molecule has 0 amide bonds. The predicted octanol–water partition coefficient (Wildman–Crippen LogP) is 2.38. The monoisotopic (exact) mass is 464 g/mol.